The van der Waals surface area contributed by atoms with E-state index in [9.17, 15) is 4.79 Å². The lowest BCUT2D eigenvalue weighted by Crippen LogP contribution is -2.08. The summed E-state index contributed by atoms with van der Waals surface area (Å²) in [7, 11) is 0. The van der Waals surface area contributed by atoms with Crippen LogP contribution >= 0.6 is 11.8 Å². The van der Waals surface area contributed by atoms with Gasteiger partial charge < -0.3 is 27.1 Å². The van der Waals surface area contributed by atoms with E-state index in [1.165, 1.54) is 24.9 Å². The molecule has 0 atom stereocenters. The number of carbonyl (C=O) groups is 1. The van der Waals surface area contributed by atoms with E-state index in [1.54, 1.807) is 12.3 Å². The number of carbonyl (C=O) groups excluding carboxylic acids is 1. The van der Waals surface area contributed by atoms with Crippen LogP contribution in [-0.4, -0.2) is 28.3 Å². The first kappa shape index (κ1) is 18.3. The first-order valence-corrected chi connectivity index (χ1v) is 8.53. The Morgan fingerprint density at radius 3 is 2.72 bits per heavy atom. The third-order valence-corrected chi connectivity index (χ3v) is 3.75. The highest BCUT2D eigenvalue weighted by atomic mass is 32.2. The smallest absolute Gasteiger partial charge is 0.229 e. The average Bonchev–Trinajstić information content (AvgIpc) is 2.59. The molecule has 130 valence electrons. The van der Waals surface area contributed by atoms with Gasteiger partial charge in [-0.15, -0.1) is 11.8 Å². The van der Waals surface area contributed by atoms with E-state index >= 15 is 0 Å². The van der Waals surface area contributed by atoms with Crippen LogP contribution in [0.15, 0.2) is 47.3 Å². The monoisotopic (exact) mass is 357 g/mol. The van der Waals surface area contributed by atoms with Crippen LogP contribution in [0.5, 0.6) is 0 Å². The van der Waals surface area contributed by atoms with Crippen molar-refractivity contribution in [1.29, 1.82) is 5.41 Å². The van der Waals surface area contributed by atoms with E-state index in [0.717, 1.165) is 16.8 Å². The number of aromatic nitrogens is 2. The molecule has 8 nitrogen and oxygen atoms in total. The molecule has 0 aliphatic carbocycles. The fraction of sp³-hybridized carbons (Fsp3) is 0.125. The van der Waals surface area contributed by atoms with Gasteiger partial charge in [-0.1, -0.05) is 6.07 Å². The van der Waals surface area contributed by atoms with Gasteiger partial charge in [-0.25, -0.2) is 4.98 Å². The van der Waals surface area contributed by atoms with Crippen LogP contribution in [0.2, 0.25) is 0 Å². The average molecular weight is 357 g/mol. The van der Waals surface area contributed by atoms with Gasteiger partial charge in [0.25, 0.3) is 0 Å². The zero-order valence-corrected chi connectivity index (χ0v) is 14.6. The number of anilines is 4. The molecule has 0 radical (unpaired) electrons. The van der Waals surface area contributed by atoms with Crippen LogP contribution in [-0.2, 0) is 4.79 Å². The van der Waals surface area contributed by atoms with E-state index in [4.69, 9.17) is 11.1 Å². The molecule has 0 unspecified atom stereocenters. The summed E-state index contributed by atoms with van der Waals surface area (Å²) in [4.78, 5) is 20.7. The van der Waals surface area contributed by atoms with Gasteiger partial charge in [0.1, 0.15) is 5.82 Å². The number of benzene rings is 1. The van der Waals surface area contributed by atoms with Crippen molar-refractivity contribution < 1.29 is 4.79 Å². The van der Waals surface area contributed by atoms with Crippen LogP contribution in [0.3, 0.4) is 0 Å². The van der Waals surface area contributed by atoms with Crippen molar-refractivity contribution in [3.8, 4) is 0 Å². The second-order valence-electron chi connectivity index (χ2n) is 4.89. The lowest BCUT2D eigenvalue weighted by molar-refractivity contribution is -0.114. The van der Waals surface area contributed by atoms with Crippen LogP contribution in [0.1, 0.15) is 6.92 Å². The molecule has 0 saturated heterocycles. The maximum Gasteiger partial charge on any atom is 0.229 e. The molecule has 9 heteroatoms. The quantitative estimate of drug-likeness (QED) is 0.380. The molecule has 1 amide bonds. The minimum absolute atomic E-state index is 0.136. The van der Waals surface area contributed by atoms with Crippen molar-refractivity contribution in [3.05, 3.63) is 42.4 Å². The van der Waals surface area contributed by atoms with Crippen LogP contribution in [0, 0.1) is 5.41 Å². The SMILES string of the molecule is CSc1cnc(N/C(C=N)=C/N)nc1Nc1cccc(NC(C)=O)c1. The summed E-state index contributed by atoms with van der Waals surface area (Å²) in [6, 6.07) is 7.31. The predicted molar refractivity (Wildman–Crippen MR) is 103 cm³/mol. The number of allylic oxidation sites excluding steroid dienone is 1. The predicted octanol–water partition coefficient (Wildman–Crippen LogP) is 2.76. The van der Waals surface area contributed by atoms with E-state index < -0.39 is 0 Å². The molecule has 1 aromatic heterocycles. The van der Waals surface area contributed by atoms with Gasteiger partial charge in [0.2, 0.25) is 11.9 Å². The molecule has 0 fully saturated rings. The van der Waals surface area contributed by atoms with Crippen LogP contribution in [0.25, 0.3) is 0 Å². The Morgan fingerprint density at radius 1 is 1.32 bits per heavy atom. The van der Waals surface area contributed by atoms with Crippen molar-refractivity contribution in [1.82, 2.24) is 9.97 Å². The van der Waals surface area contributed by atoms with Crippen molar-refractivity contribution >= 4 is 47.0 Å². The molecular weight excluding hydrogens is 338 g/mol. The normalized spacial score (nSPS) is 10.9. The van der Waals surface area contributed by atoms with E-state index in [2.05, 4.69) is 25.9 Å². The molecule has 2 aromatic rings. The Kier molecular flexibility index (Phi) is 6.35. The topological polar surface area (TPSA) is 129 Å². The Labute approximate surface area is 149 Å². The molecule has 0 bridgehead atoms. The fourth-order valence-electron chi connectivity index (χ4n) is 1.94. The number of amides is 1. The second kappa shape index (κ2) is 8.69. The maximum absolute atomic E-state index is 11.2. The number of nitrogens with one attached hydrogen (secondary N) is 4. The minimum Gasteiger partial charge on any atom is -0.403 e. The minimum atomic E-state index is -0.136. The number of thioether (sulfide) groups is 1. The molecule has 0 aliphatic heterocycles. The molecule has 1 heterocycles. The third-order valence-electron chi connectivity index (χ3n) is 3.01. The summed E-state index contributed by atoms with van der Waals surface area (Å²) in [6.07, 6.45) is 5.95. The van der Waals surface area contributed by atoms with Gasteiger partial charge in [-0.2, -0.15) is 4.98 Å². The first-order chi connectivity index (χ1) is 12.0. The molecule has 0 spiro atoms. The van der Waals surface area contributed by atoms with E-state index in [1.807, 2.05) is 24.5 Å². The van der Waals surface area contributed by atoms with Crippen molar-refractivity contribution in [2.75, 3.05) is 22.2 Å². The van der Waals surface area contributed by atoms with Gasteiger partial charge in [-0.3, -0.25) is 4.79 Å². The van der Waals surface area contributed by atoms with Crippen molar-refractivity contribution in [3.63, 3.8) is 0 Å². The fourth-order valence-corrected chi connectivity index (χ4v) is 2.39. The molecule has 6 N–H and O–H groups in total. The second-order valence-corrected chi connectivity index (χ2v) is 5.74. The lowest BCUT2D eigenvalue weighted by atomic mass is 10.2. The van der Waals surface area contributed by atoms with Crippen molar-refractivity contribution in [2.24, 2.45) is 5.73 Å². The third kappa shape index (κ3) is 5.21. The van der Waals surface area contributed by atoms with Gasteiger partial charge in [0, 0.05) is 36.9 Å². The zero-order chi connectivity index (χ0) is 18.2. The Hall–Kier alpha value is -3.07. The van der Waals surface area contributed by atoms with Crippen LogP contribution < -0.4 is 21.7 Å². The van der Waals surface area contributed by atoms with E-state index in [0.29, 0.717) is 23.2 Å². The standard InChI is InChI=1S/C16H19N7OS/c1-10(24)20-11-4-3-5-12(6-11)21-15-14(25-2)9-19-16(23-15)22-13(7-17)8-18/h3-9,17H,18H2,1-2H3,(H,20,24)(H2,19,21,22,23)/b13-8+,17-7?. The Bertz CT molecular complexity index is 807. The summed E-state index contributed by atoms with van der Waals surface area (Å²) >= 11 is 1.50. The summed E-state index contributed by atoms with van der Waals surface area (Å²) in [6.45, 7) is 1.46. The van der Waals surface area contributed by atoms with Gasteiger partial charge in [0.05, 0.1) is 10.6 Å². The maximum atomic E-state index is 11.2. The number of nitrogens with two attached hydrogens (primary N) is 1. The summed E-state index contributed by atoms with van der Waals surface area (Å²) in [5.41, 5.74) is 7.26. The number of rotatable bonds is 7. The highest BCUT2D eigenvalue weighted by Gasteiger charge is 2.08. The molecule has 25 heavy (non-hydrogen) atoms. The summed E-state index contributed by atoms with van der Waals surface area (Å²) < 4.78 is 0. The molecule has 2 rings (SSSR count). The number of hydrogen-bond donors (Lipinski definition) is 5. The zero-order valence-electron chi connectivity index (χ0n) is 13.8. The van der Waals surface area contributed by atoms with E-state index in [-0.39, 0.29) is 5.91 Å². The van der Waals surface area contributed by atoms with Gasteiger partial charge >= 0.3 is 0 Å². The summed E-state index contributed by atoms with van der Waals surface area (Å²) in [5, 5.41) is 16.1. The lowest BCUT2D eigenvalue weighted by Gasteiger charge is -2.12. The summed E-state index contributed by atoms with van der Waals surface area (Å²) in [5.74, 6) is 0.785. The Morgan fingerprint density at radius 2 is 2.08 bits per heavy atom. The Balaban J connectivity index is 2.28. The molecule has 0 aliphatic rings. The number of nitrogens with zero attached hydrogens (tertiary/aromatic N) is 2. The highest BCUT2D eigenvalue weighted by molar-refractivity contribution is 7.98. The largest absolute Gasteiger partial charge is 0.403 e. The first-order valence-electron chi connectivity index (χ1n) is 7.30. The van der Waals surface area contributed by atoms with Gasteiger partial charge in [0.15, 0.2) is 0 Å². The highest BCUT2D eigenvalue weighted by Crippen LogP contribution is 2.27. The number of hydrogen-bond acceptors (Lipinski definition) is 8. The molecule has 1 aromatic carbocycles. The molecule has 0 saturated carbocycles. The van der Waals surface area contributed by atoms with Gasteiger partial charge in [-0.05, 0) is 24.5 Å². The van der Waals surface area contributed by atoms with Crippen LogP contribution in [0.4, 0.5) is 23.1 Å². The van der Waals surface area contributed by atoms with Crippen molar-refractivity contribution in [2.45, 2.75) is 11.8 Å². The molecular formula is C16H19N7OS.